The van der Waals surface area contributed by atoms with Crippen LogP contribution in [0.5, 0.6) is 0 Å². The van der Waals surface area contributed by atoms with Crippen LogP contribution in [0.4, 0.5) is 0 Å². The van der Waals surface area contributed by atoms with Gasteiger partial charge in [-0.3, -0.25) is 9.59 Å². The molecule has 0 saturated carbocycles. The van der Waals surface area contributed by atoms with Crippen LogP contribution in [0.2, 0.25) is 0 Å². The fourth-order valence-corrected chi connectivity index (χ4v) is 3.71. The van der Waals surface area contributed by atoms with Gasteiger partial charge in [-0.25, -0.2) is 0 Å². The molecule has 1 amide bonds. The molecule has 0 bridgehead atoms. The number of ether oxygens (including phenoxy) is 3. The molecule has 2 heterocycles. The molecule has 0 aliphatic carbocycles. The summed E-state index contributed by atoms with van der Waals surface area (Å²) < 4.78 is 16.3. The standard InChI is InChI=1S/C18H32N2O5/c1-5-13(9-19-16(22)11-24-12(2)21)8-18(3,4)20-14-10-25-15-6-7-23-17(14)15/h13-15,17,20H,5-11H2,1-4H3,(H,19,22)/t13?,14-,15?,17?/m1/s1. The van der Waals surface area contributed by atoms with Crippen LogP contribution in [0.25, 0.3) is 0 Å². The lowest BCUT2D eigenvalue weighted by Gasteiger charge is -2.34. The van der Waals surface area contributed by atoms with E-state index in [1.807, 2.05) is 0 Å². The quantitative estimate of drug-likeness (QED) is 0.600. The number of amides is 1. The second-order valence-corrected chi connectivity index (χ2v) is 7.69. The van der Waals surface area contributed by atoms with Crippen molar-refractivity contribution in [3.63, 3.8) is 0 Å². The fourth-order valence-electron chi connectivity index (χ4n) is 3.71. The summed E-state index contributed by atoms with van der Waals surface area (Å²) >= 11 is 0. The van der Waals surface area contributed by atoms with Crippen LogP contribution in [0.15, 0.2) is 0 Å². The number of nitrogens with one attached hydrogen (secondary N) is 2. The molecular weight excluding hydrogens is 324 g/mol. The lowest BCUT2D eigenvalue weighted by molar-refractivity contribution is -0.146. The van der Waals surface area contributed by atoms with E-state index in [2.05, 4.69) is 31.4 Å². The average Bonchev–Trinajstić information content (AvgIpc) is 3.14. The number of fused-ring (bicyclic) bond motifs is 1. The van der Waals surface area contributed by atoms with Crippen molar-refractivity contribution in [1.82, 2.24) is 10.6 Å². The summed E-state index contributed by atoms with van der Waals surface area (Å²) in [7, 11) is 0. The van der Waals surface area contributed by atoms with Gasteiger partial charge in [-0.15, -0.1) is 0 Å². The maximum absolute atomic E-state index is 11.7. The monoisotopic (exact) mass is 356 g/mol. The van der Waals surface area contributed by atoms with Crippen LogP contribution in [-0.4, -0.2) is 62.0 Å². The van der Waals surface area contributed by atoms with Crippen molar-refractivity contribution in [3.05, 3.63) is 0 Å². The molecule has 2 saturated heterocycles. The molecule has 2 aliphatic rings. The Bertz CT molecular complexity index is 468. The predicted molar refractivity (Wildman–Crippen MR) is 93.1 cm³/mol. The van der Waals surface area contributed by atoms with Crippen molar-refractivity contribution in [2.45, 2.75) is 70.7 Å². The van der Waals surface area contributed by atoms with Gasteiger partial charge in [0.25, 0.3) is 5.91 Å². The molecule has 25 heavy (non-hydrogen) atoms. The van der Waals surface area contributed by atoms with Crippen molar-refractivity contribution < 1.29 is 23.8 Å². The van der Waals surface area contributed by atoms with Crippen molar-refractivity contribution in [3.8, 4) is 0 Å². The highest BCUT2D eigenvalue weighted by molar-refractivity contribution is 5.79. The molecule has 2 fully saturated rings. The highest BCUT2D eigenvalue weighted by Crippen LogP contribution is 2.29. The van der Waals surface area contributed by atoms with E-state index in [4.69, 9.17) is 14.2 Å². The van der Waals surface area contributed by atoms with Gasteiger partial charge in [0.1, 0.15) is 6.10 Å². The Morgan fingerprint density at radius 1 is 1.32 bits per heavy atom. The summed E-state index contributed by atoms with van der Waals surface area (Å²) in [6.45, 7) is 9.60. The minimum absolute atomic E-state index is 0.0871. The molecule has 144 valence electrons. The number of esters is 1. The maximum Gasteiger partial charge on any atom is 0.303 e. The van der Waals surface area contributed by atoms with Gasteiger partial charge in [-0.2, -0.15) is 0 Å². The number of rotatable bonds is 9. The summed E-state index contributed by atoms with van der Waals surface area (Å²) in [6.07, 6.45) is 3.25. The highest BCUT2D eigenvalue weighted by atomic mass is 16.6. The lowest BCUT2D eigenvalue weighted by Crippen LogP contribution is -2.52. The third-order valence-corrected chi connectivity index (χ3v) is 4.91. The predicted octanol–water partition coefficient (Wildman–Crippen LogP) is 1.01. The van der Waals surface area contributed by atoms with Gasteiger partial charge in [-0.05, 0) is 32.6 Å². The van der Waals surface area contributed by atoms with E-state index >= 15 is 0 Å². The Morgan fingerprint density at radius 3 is 2.76 bits per heavy atom. The Hall–Kier alpha value is -1.18. The van der Waals surface area contributed by atoms with Gasteiger partial charge < -0.3 is 24.8 Å². The zero-order chi connectivity index (χ0) is 18.4. The first-order chi connectivity index (χ1) is 11.8. The van der Waals surface area contributed by atoms with Gasteiger partial charge in [0.05, 0.1) is 18.8 Å². The first-order valence-corrected chi connectivity index (χ1v) is 9.21. The van der Waals surface area contributed by atoms with Gasteiger partial charge in [0.2, 0.25) is 0 Å². The molecule has 0 aromatic rings. The van der Waals surface area contributed by atoms with E-state index in [0.29, 0.717) is 19.1 Å². The van der Waals surface area contributed by atoms with Gasteiger partial charge in [0.15, 0.2) is 6.61 Å². The largest absolute Gasteiger partial charge is 0.456 e. The number of hydrogen-bond acceptors (Lipinski definition) is 6. The zero-order valence-electron chi connectivity index (χ0n) is 15.8. The average molecular weight is 356 g/mol. The Balaban J connectivity index is 1.76. The lowest BCUT2D eigenvalue weighted by atomic mass is 9.87. The van der Waals surface area contributed by atoms with Crippen LogP contribution < -0.4 is 10.6 Å². The van der Waals surface area contributed by atoms with Crippen molar-refractivity contribution >= 4 is 11.9 Å². The van der Waals surface area contributed by atoms with E-state index in [0.717, 1.165) is 25.9 Å². The molecule has 2 rings (SSSR count). The van der Waals surface area contributed by atoms with E-state index < -0.39 is 5.97 Å². The topological polar surface area (TPSA) is 85.9 Å². The van der Waals surface area contributed by atoms with E-state index in [1.54, 1.807) is 0 Å². The van der Waals surface area contributed by atoms with Crippen LogP contribution >= 0.6 is 0 Å². The second kappa shape index (κ2) is 8.96. The molecule has 0 aromatic carbocycles. The third-order valence-electron chi connectivity index (χ3n) is 4.91. The van der Waals surface area contributed by atoms with E-state index in [1.165, 1.54) is 6.92 Å². The Labute approximate surface area is 150 Å². The minimum Gasteiger partial charge on any atom is -0.456 e. The third kappa shape index (κ3) is 6.24. The van der Waals surface area contributed by atoms with Gasteiger partial charge in [0, 0.05) is 25.6 Å². The number of hydrogen-bond donors (Lipinski definition) is 2. The molecule has 0 radical (unpaired) electrons. The van der Waals surface area contributed by atoms with Gasteiger partial charge in [-0.1, -0.05) is 13.3 Å². The molecule has 3 unspecified atom stereocenters. The molecule has 7 nitrogen and oxygen atoms in total. The summed E-state index contributed by atoms with van der Waals surface area (Å²) in [4.78, 5) is 22.4. The van der Waals surface area contributed by atoms with E-state index in [9.17, 15) is 9.59 Å². The maximum atomic E-state index is 11.7. The molecule has 4 atom stereocenters. The van der Waals surface area contributed by atoms with Crippen molar-refractivity contribution in [2.24, 2.45) is 5.92 Å². The summed E-state index contributed by atoms with van der Waals surface area (Å²) in [5, 5.41) is 6.54. The summed E-state index contributed by atoms with van der Waals surface area (Å²) in [6, 6.07) is 0.221. The van der Waals surface area contributed by atoms with Crippen molar-refractivity contribution in [1.29, 1.82) is 0 Å². The fraction of sp³-hybridized carbons (Fsp3) is 0.889. The van der Waals surface area contributed by atoms with Crippen LogP contribution in [0.3, 0.4) is 0 Å². The van der Waals surface area contributed by atoms with Crippen LogP contribution in [-0.2, 0) is 23.8 Å². The first-order valence-electron chi connectivity index (χ1n) is 9.21. The van der Waals surface area contributed by atoms with Gasteiger partial charge >= 0.3 is 5.97 Å². The first kappa shape index (κ1) is 20.1. The van der Waals surface area contributed by atoms with Crippen molar-refractivity contribution in [2.75, 3.05) is 26.4 Å². The molecular formula is C18H32N2O5. The van der Waals surface area contributed by atoms with Crippen LogP contribution in [0.1, 0.15) is 47.0 Å². The molecule has 7 heteroatoms. The molecule has 2 aliphatic heterocycles. The minimum atomic E-state index is -0.446. The normalized spacial score (nSPS) is 27.0. The molecule has 0 spiro atoms. The Morgan fingerprint density at radius 2 is 2.08 bits per heavy atom. The summed E-state index contributed by atoms with van der Waals surface area (Å²) in [5.74, 6) is -0.365. The molecule has 2 N–H and O–H groups in total. The summed E-state index contributed by atoms with van der Waals surface area (Å²) in [5.41, 5.74) is -0.0871. The van der Waals surface area contributed by atoms with E-state index in [-0.39, 0.29) is 36.3 Å². The highest BCUT2D eigenvalue weighted by Gasteiger charge is 2.43. The smallest absolute Gasteiger partial charge is 0.303 e. The SMILES string of the molecule is CCC(CNC(=O)COC(C)=O)CC(C)(C)N[C@@H]1COC2CCOC21. The zero-order valence-corrected chi connectivity index (χ0v) is 15.8. The number of carbonyl (C=O) groups excluding carboxylic acids is 2. The Kier molecular flexibility index (Phi) is 7.22. The van der Waals surface area contributed by atoms with Crippen LogP contribution in [0, 0.1) is 5.92 Å². The number of carbonyl (C=O) groups is 2. The second-order valence-electron chi connectivity index (χ2n) is 7.69. The molecule has 0 aromatic heterocycles.